The van der Waals surface area contributed by atoms with Crippen LogP contribution in [0.3, 0.4) is 0 Å². The van der Waals surface area contributed by atoms with Crippen LogP contribution >= 0.6 is 11.6 Å². The van der Waals surface area contributed by atoms with Gasteiger partial charge in [-0.25, -0.2) is 4.79 Å². The van der Waals surface area contributed by atoms with Crippen LogP contribution in [0.5, 0.6) is 11.5 Å². The zero-order valence-corrected chi connectivity index (χ0v) is 10.0. The molecule has 18 heavy (non-hydrogen) atoms. The Morgan fingerprint density at radius 2 is 1.83 bits per heavy atom. The van der Waals surface area contributed by atoms with E-state index in [9.17, 15) is 4.79 Å². The molecule has 2 rings (SSSR count). The molecule has 0 bridgehead atoms. The smallest absolute Gasteiger partial charge is 0.335 e. The Kier molecular flexibility index (Phi) is 3.39. The van der Waals surface area contributed by atoms with Crippen molar-refractivity contribution < 1.29 is 14.6 Å². The zero-order chi connectivity index (χ0) is 13.1. The summed E-state index contributed by atoms with van der Waals surface area (Å²) in [7, 11) is 0. The number of carboxylic acids is 1. The Morgan fingerprint density at radius 1 is 1.17 bits per heavy atom. The number of anilines is 1. The van der Waals surface area contributed by atoms with Crippen molar-refractivity contribution in [2.75, 3.05) is 5.73 Å². The molecule has 0 aliphatic rings. The van der Waals surface area contributed by atoms with Crippen LogP contribution in [0.25, 0.3) is 0 Å². The molecule has 0 heterocycles. The minimum atomic E-state index is -1.03. The fourth-order valence-corrected chi connectivity index (χ4v) is 1.53. The number of halogens is 1. The predicted octanol–water partition coefficient (Wildman–Crippen LogP) is 3.41. The second kappa shape index (κ2) is 4.98. The summed E-state index contributed by atoms with van der Waals surface area (Å²) in [6.45, 7) is 0. The number of carbonyl (C=O) groups is 1. The number of nitrogen functional groups attached to an aromatic ring is 1. The minimum Gasteiger partial charge on any atom is -0.478 e. The maximum absolute atomic E-state index is 10.7. The minimum absolute atomic E-state index is 0.121. The third-order valence-corrected chi connectivity index (χ3v) is 2.55. The summed E-state index contributed by atoms with van der Waals surface area (Å²) in [6, 6.07) is 11.1. The maximum Gasteiger partial charge on any atom is 0.335 e. The monoisotopic (exact) mass is 263 g/mol. The quantitative estimate of drug-likeness (QED) is 0.833. The molecule has 3 N–H and O–H groups in total. The van der Waals surface area contributed by atoms with Crippen LogP contribution < -0.4 is 10.5 Å². The number of benzene rings is 2. The molecule has 0 unspecified atom stereocenters. The molecule has 0 fully saturated rings. The van der Waals surface area contributed by atoms with Gasteiger partial charge >= 0.3 is 5.97 Å². The van der Waals surface area contributed by atoms with E-state index in [2.05, 4.69) is 0 Å². The highest BCUT2D eigenvalue weighted by Crippen LogP contribution is 2.28. The van der Waals surface area contributed by atoms with Crippen molar-refractivity contribution in [3.05, 3.63) is 53.1 Å². The van der Waals surface area contributed by atoms with Crippen molar-refractivity contribution in [1.82, 2.24) is 0 Å². The third kappa shape index (κ3) is 2.73. The van der Waals surface area contributed by atoms with Crippen molar-refractivity contribution in [1.29, 1.82) is 0 Å². The van der Waals surface area contributed by atoms with Gasteiger partial charge in [-0.05, 0) is 42.5 Å². The standard InChI is InChI=1S/C13H10ClNO3/c14-9-2-4-10(5-3-9)18-12-6-1-8(13(16)17)7-11(12)15/h1-7H,15H2,(H,16,17). The van der Waals surface area contributed by atoms with Crippen LogP contribution in [0.1, 0.15) is 10.4 Å². The lowest BCUT2D eigenvalue weighted by atomic mass is 10.2. The fraction of sp³-hybridized carbons (Fsp3) is 0. The molecule has 2 aromatic carbocycles. The number of ether oxygens (including phenoxy) is 1. The van der Waals surface area contributed by atoms with E-state index in [0.717, 1.165) is 0 Å². The Morgan fingerprint density at radius 3 is 2.39 bits per heavy atom. The number of nitrogens with two attached hydrogens (primary N) is 1. The number of hydrogen-bond donors (Lipinski definition) is 2. The third-order valence-electron chi connectivity index (χ3n) is 2.30. The number of carboxylic acid groups (broad SMARTS) is 1. The number of aromatic carboxylic acids is 1. The molecule has 0 aromatic heterocycles. The summed E-state index contributed by atoms with van der Waals surface area (Å²) < 4.78 is 5.52. The first-order chi connectivity index (χ1) is 8.56. The summed E-state index contributed by atoms with van der Waals surface area (Å²) in [4.78, 5) is 10.7. The molecular formula is C13H10ClNO3. The van der Waals surface area contributed by atoms with Crippen LogP contribution in [-0.4, -0.2) is 11.1 Å². The first kappa shape index (κ1) is 12.3. The van der Waals surface area contributed by atoms with E-state index in [0.29, 0.717) is 16.5 Å². The highest BCUT2D eigenvalue weighted by Gasteiger charge is 2.07. The summed E-state index contributed by atoms with van der Waals surface area (Å²) in [5, 5.41) is 9.42. The number of rotatable bonds is 3. The van der Waals surface area contributed by atoms with Gasteiger partial charge in [-0.15, -0.1) is 0 Å². The van der Waals surface area contributed by atoms with Crippen molar-refractivity contribution in [2.24, 2.45) is 0 Å². The Hall–Kier alpha value is -2.20. The molecule has 0 saturated carbocycles. The van der Waals surface area contributed by atoms with E-state index in [1.807, 2.05) is 0 Å². The van der Waals surface area contributed by atoms with E-state index >= 15 is 0 Å². The summed E-state index contributed by atoms with van der Waals surface area (Å²) in [5.41, 5.74) is 6.11. The maximum atomic E-state index is 10.7. The van der Waals surface area contributed by atoms with Gasteiger partial charge < -0.3 is 15.6 Å². The summed E-state index contributed by atoms with van der Waals surface area (Å²) >= 11 is 5.76. The van der Waals surface area contributed by atoms with E-state index < -0.39 is 5.97 Å². The lowest BCUT2D eigenvalue weighted by Crippen LogP contribution is -1.99. The van der Waals surface area contributed by atoms with Crippen molar-refractivity contribution in [2.45, 2.75) is 0 Å². The molecule has 4 nitrogen and oxygen atoms in total. The van der Waals surface area contributed by atoms with Crippen LogP contribution in [0.2, 0.25) is 5.02 Å². The summed E-state index contributed by atoms with van der Waals surface area (Å²) in [5.74, 6) is -0.0451. The van der Waals surface area contributed by atoms with Gasteiger partial charge in [-0.2, -0.15) is 0 Å². The lowest BCUT2D eigenvalue weighted by molar-refractivity contribution is 0.0697. The Labute approximate surface area is 109 Å². The van der Waals surface area contributed by atoms with Gasteiger partial charge in [0.1, 0.15) is 11.5 Å². The van der Waals surface area contributed by atoms with Crippen LogP contribution in [0.4, 0.5) is 5.69 Å². The molecule has 0 radical (unpaired) electrons. The molecule has 0 amide bonds. The first-order valence-electron chi connectivity index (χ1n) is 5.12. The predicted molar refractivity (Wildman–Crippen MR) is 69.3 cm³/mol. The Bertz CT molecular complexity index is 581. The molecule has 0 aliphatic heterocycles. The van der Waals surface area contributed by atoms with Crippen molar-refractivity contribution >= 4 is 23.3 Å². The van der Waals surface area contributed by atoms with Gasteiger partial charge in [-0.1, -0.05) is 11.6 Å². The second-order valence-corrected chi connectivity index (χ2v) is 4.05. The average molecular weight is 264 g/mol. The summed E-state index contributed by atoms with van der Waals surface area (Å²) in [6.07, 6.45) is 0. The molecule has 0 saturated heterocycles. The van der Waals surface area contributed by atoms with Crippen LogP contribution in [0.15, 0.2) is 42.5 Å². The van der Waals surface area contributed by atoms with E-state index in [-0.39, 0.29) is 11.3 Å². The van der Waals surface area contributed by atoms with Crippen molar-refractivity contribution in [3.63, 3.8) is 0 Å². The van der Waals surface area contributed by atoms with Gasteiger partial charge in [0, 0.05) is 5.02 Å². The normalized spacial score (nSPS) is 10.1. The van der Waals surface area contributed by atoms with Gasteiger partial charge in [0.25, 0.3) is 0 Å². The van der Waals surface area contributed by atoms with E-state index in [1.165, 1.54) is 18.2 Å². The van der Waals surface area contributed by atoms with Gasteiger partial charge in [0.2, 0.25) is 0 Å². The van der Waals surface area contributed by atoms with Gasteiger partial charge in [0.05, 0.1) is 11.3 Å². The van der Waals surface area contributed by atoms with E-state index in [4.69, 9.17) is 27.2 Å². The fourth-order valence-electron chi connectivity index (χ4n) is 1.40. The van der Waals surface area contributed by atoms with Crippen LogP contribution in [-0.2, 0) is 0 Å². The molecule has 5 heteroatoms. The molecule has 2 aromatic rings. The molecular weight excluding hydrogens is 254 g/mol. The molecule has 92 valence electrons. The van der Waals surface area contributed by atoms with Gasteiger partial charge in [0.15, 0.2) is 0 Å². The SMILES string of the molecule is Nc1cc(C(=O)O)ccc1Oc1ccc(Cl)cc1. The van der Waals surface area contributed by atoms with Crippen molar-refractivity contribution in [3.8, 4) is 11.5 Å². The molecule has 0 atom stereocenters. The Balaban J connectivity index is 2.24. The largest absolute Gasteiger partial charge is 0.478 e. The number of hydrogen-bond acceptors (Lipinski definition) is 3. The second-order valence-electron chi connectivity index (χ2n) is 3.61. The topological polar surface area (TPSA) is 72.6 Å². The highest BCUT2D eigenvalue weighted by atomic mass is 35.5. The first-order valence-corrected chi connectivity index (χ1v) is 5.50. The lowest BCUT2D eigenvalue weighted by Gasteiger charge is -2.09. The zero-order valence-electron chi connectivity index (χ0n) is 9.26. The molecule has 0 aliphatic carbocycles. The van der Waals surface area contributed by atoms with E-state index in [1.54, 1.807) is 24.3 Å². The highest BCUT2D eigenvalue weighted by molar-refractivity contribution is 6.30. The molecule has 0 spiro atoms. The van der Waals surface area contributed by atoms with Crippen LogP contribution in [0, 0.1) is 0 Å². The average Bonchev–Trinajstić information content (AvgIpc) is 2.34. The van der Waals surface area contributed by atoms with Gasteiger partial charge in [-0.3, -0.25) is 0 Å².